The van der Waals surface area contributed by atoms with Crippen molar-refractivity contribution in [1.82, 2.24) is 14.3 Å². The van der Waals surface area contributed by atoms with Crippen LogP contribution in [0.2, 0.25) is 0 Å². The molecule has 0 aliphatic rings. The standard InChI is InChI=1S/C10H7F12N3O2.C7H6.Ru/c11-7(12,13)5(26,8(14,15)16)1-24-3-23-25(4-24)2-6(27,9(17,18)19)10(20,21)22;1-7-5-3-2-4-6-7;/h3,26-27H,1-2H2;1-6H;. The van der Waals surface area contributed by atoms with Crippen molar-refractivity contribution in [3.05, 3.63) is 46.2 Å². The molecule has 200 valence electrons. The molecule has 0 radical (unpaired) electrons. The van der Waals surface area contributed by atoms with E-state index in [1.165, 1.54) is 30.3 Å². The maximum absolute atomic E-state index is 13.1. The molecule has 1 aromatic heterocycles. The number of hydrogen-bond acceptors (Lipinski definition) is 3. The van der Waals surface area contributed by atoms with Crippen LogP contribution in [0.15, 0.2) is 36.7 Å². The first-order valence-corrected chi connectivity index (χ1v) is 10.7. The van der Waals surface area contributed by atoms with Crippen molar-refractivity contribution in [3.8, 4) is 0 Å². The Balaban J connectivity index is 2.79. The van der Waals surface area contributed by atoms with Gasteiger partial charge in [0.1, 0.15) is 0 Å². The summed E-state index contributed by atoms with van der Waals surface area (Å²) >= 11 is -1.84. The SMILES string of the molecule is OC(Cn1cnn(CC(O)(C(F)(F)F)C(F)(F)F)[c]1=[Ru]=[CH]c1ccccc1)(C(F)(F)F)C(F)(F)F. The molecule has 0 saturated carbocycles. The second-order valence-corrected chi connectivity index (χ2v) is 8.78. The summed E-state index contributed by atoms with van der Waals surface area (Å²) in [5.74, 6) is 0. The van der Waals surface area contributed by atoms with E-state index in [2.05, 4.69) is 5.10 Å². The average Bonchev–Trinajstić information content (AvgIpc) is 3.04. The molecule has 0 bridgehead atoms. The topological polar surface area (TPSA) is 63.2 Å². The molecule has 0 saturated heterocycles. The molecule has 2 aromatic rings. The number of benzene rings is 1. The third kappa shape index (κ3) is 5.85. The predicted molar refractivity (Wildman–Crippen MR) is 89.2 cm³/mol. The van der Waals surface area contributed by atoms with E-state index < -0.39 is 69.2 Å². The normalized spacial score (nSPS) is 14.3. The third-order valence-electron chi connectivity index (χ3n) is 4.48. The van der Waals surface area contributed by atoms with Crippen molar-refractivity contribution in [2.45, 2.75) is 49.0 Å². The molecule has 0 fully saturated rings. The Bertz CT molecular complexity index is 1030. The van der Waals surface area contributed by atoms with Gasteiger partial charge in [0.25, 0.3) is 0 Å². The van der Waals surface area contributed by atoms with E-state index in [1.54, 1.807) is 0 Å². The van der Waals surface area contributed by atoms with Gasteiger partial charge in [-0.1, -0.05) is 0 Å². The van der Waals surface area contributed by atoms with Crippen LogP contribution in [0, 0.1) is 4.01 Å². The second kappa shape index (κ2) is 9.43. The van der Waals surface area contributed by atoms with Crippen LogP contribution in [0.1, 0.15) is 5.56 Å². The average molecular weight is 620 g/mol. The van der Waals surface area contributed by atoms with Gasteiger partial charge in [-0.25, -0.2) is 0 Å². The van der Waals surface area contributed by atoms with Crippen LogP contribution in [0.3, 0.4) is 0 Å². The van der Waals surface area contributed by atoms with E-state index in [9.17, 15) is 62.9 Å². The maximum atomic E-state index is 13.1. The van der Waals surface area contributed by atoms with Crippen molar-refractivity contribution in [3.63, 3.8) is 0 Å². The molecule has 18 heteroatoms. The van der Waals surface area contributed by atoms with E-state index in [1.807, 2.05) is 0 Å². The molecule has 0 spiro atoms. The summed E-state index contributed by atoms with van der Waals surface area (Å²) in [5.41, 5.74) is -10.6. The number of alkyl halides is 12. The molecule has 2 rings (SSSR count). The molecule has 5 nitrogen and oxygen atoms in total. The van der Waals surface area contributed by atoms with Crippen LogP contribution in [0.25, 0.3) is 0 Å². The Morgan fingerprint density at radius 2 is 1.14 bits per heavy atom. The minimum absolute atomic E-state index is 0.0497. The first-order valence-electron chi connectivity index (χ1n) is 8.80. The zero-order valence-electron chi connectivity index (χ0n) is 16.6. The van der Waals surface area contributed by atoms with Gasteiger partial charge in [0.15, 0.2) is 0 Å². The van der Waals surface area contributed by atoms with Gasteiger partial charge in [0, 0.05) is 0 Å². The predicted octanol–water partition coefficient (Wildman–Crippen LogP) is 3.86. The van der Waals surface area contributed by atoms with E-state index in [-0.39, 0.29) is 21.1 Å². The number of aromatic nitrogens is 3. The van der Waals surface area contributed by atoms with Gasteiger partial charge >= 0.3 is 193 Å². The molecular formula is C17H13F12N3O2Ru. The Hall–Kier alpha value is -2.07. The molecule has 1 aromatic carbocycles. The van der Waals surface area contributed by atoms with E-state index in [4.69, 9.17) is 0 Å². The molecule has 0 aliphatic carbocycles. The van der Waals surface area contributed by atoms with E-state index >= 15 is 0 Å². The molecule has 0 unspecified atom stereocenters. The van der Waals surface area contributed by atoms with E-state index in [0.717, 1.165) is 4.61 Å². The molecule has 0 atom stereocenters. The first kappa shape index (κ1) is 29.2. The van der Waals surface area contributed by atoms with Crippen LogP contribution >= 0.6 is 0 Å². The van der Waals surface area contributed by atoms with Gasteiger partial charge in [0.05, 0.1) is 0 Å². The van der Waals surface area contributed by atoms with Gasteiger partial charge in [-0.15, -0.1) is 0 Å². The Labute approximate surface area is 193 Å². The Morgan fingerprint density at radius 1 is 0.714 bits per heavy atom. The van der Waals surface area contributed by atoms with Crippen LogP contribution in [0.5, 0.6) is 0 Å². The first-order chi connectivity index (χ1) is 15.6. The van der Waals surface area contributed by atoms with Crippen LogP contribution in [-0.2, 0) is 29.3 Å². The van der Waals surface area contributed by atoms with Crippen molar-refractivity contribution in [1.29, 1.82) is 0 Å². The molecular weight excluding hydrogens is 607 g/mol. The summed E-state index contributed by atoms with van der Waals surface area (Å²) in [7, 11) is 0. The summed E-state index contributed by atoms with van der Waals surface area (Å²) in [5, 5.41) is 21.9. The molecule has 35 heavy (non-hydrogen) atoms. The van der Waals surface area contributed by atoms with Crippen molar-refractivity contribution in [2.75, 3.05) is 0 Å². The Kier molecular flexibility index (Phi) is 7.86. The zero-order valence-corrected chi connectivity index (χ0v) is 18.3. The summed E-state index contributed by atoms with van der Waals surface area (Å²) < 4.78 is 157. The summed E-state index contributed by atoms with van der Waals surface area (Å²) in [6, 6.07) is 7.22. The quantitative estimate of drug-likeness (QED) is 0.395. The summed E-state index contributed by atoms with van der Waals surface area (Å²) in [6.07, 6.45) is -25.2. The summed E-state index contributed by atoms with van der Waals surface area (Å²) in [4.78, 5) is 0. The van der Waals surface area contributed by atoms with Crippen LogP contribution in [0.4, 0.5) is 52.7 Å². The summed E-state index contributed by atoms with van der Waals surface area (Å²) in [6.45, 7) is -4.79. The van der Waals surface area contributed by atoms with Gasteiger partial charge in [-0.2, -0.15) is 0 Å². The van der Waals surface area contributed by atoms with Crippen molar-refractivity contribution in [2.24, 2.45) is 0 Å². The van der Waals surface area contributed by atoms with Gasteiger partial charge in [-0.3, -0.25) is 0 Å². The third-order valence-corrected chi connectivity index (χ3v) is 6.71. The minimum atomic E-state index is -6.34. The van der Waals surface area contributed by atoms with Crippen molar-refractivity contribution < 1.29 is 79.1 Å². The van der Waals surface area contributed by atoms with Crippen LogP contribution < -0.4 is 0 Å². The van der Waals surface area contributed by atoms with Gasteiger partial charge in [0.2, 0.25) is 0 Å². The van der Waals surface area contributed by atoms with Gasteiger partial charge < -0.3 is 0 Å². The zero-order chi connectivity index (χ0) is 27.1. The fraction of sp³-hybridized carbons (Fsp3) is 0.471. The number of rotatable bonds is 5. The number of halogens is 12. The Morgan fingerprint density at radius 3 is 1.57 bits per heavy atom. The number of hydrogen-bond donors (Lipinski definition) is 2. The van der Waals surface area contributed by atoms with E-state index in [0.29, 0.717) is 0 Å². The van der Waals surface area contributed by atoms with Crippen LogP contribution in [-0.4, -0.2) is 65.1 Å². The molecule has 0 aliphatic heterocycles. The molecule has 0 amide bonds. The second-order valence-electron chi connectivity index (χ2n) is 7.00. The molecule has 1 heterocycles. The van der Waals surface area contributed by atoms with Gasteiger partial charge in [-0.05, 0) is 0 Å². The van der Waals surface area contributed by atoms with Crippen molar-refractivity contribution >= 4 is 4.61 Å². The fourth-order valence-electron chi connectivity index (χ4n) is 2.45. The fourth-order valence-corrected chi connectivity index (χ4v) is 4.33. The molecule has 2 N–H and O–H groups in total. The number of aliphatic hydroxyl groups is 2. The monoisotopic (exact) mass is 621 g/mol. The number of nitrogens with zero attached hydrogens (tertiary/aromatic N) is 3.